The number of amides is 1. The molecule has 0 bridgehead atoms. The van der Waals surface area contributed by atoms with E-state index in [2.05, 4.69) is 27.4 Å². The molecule has 5 nitrogen and oxygen atoms in total. The van der Waals surface area contributed by atoms with E-state index >= 15 is 0 Å². The van der Waals surface area contributed by atoms with Crippen LogP contribution >= 0.6 is 0 Å². The number of aromatic amines is 1. The minimum Gasteiger partial charge on any atom is -0.347 e. The van der Waals surface area contributed by atoms with Crippen LogP contribution in [0.5, 0.6) is 0 Å². The van der Waals surface area contributed by atoms with Gasteiger partial charge in [-0.05, 0) is 25.2 Å². The van der Waals surface area contributed by atoms with Crippen molar-refractivity contribution in [2.24, 2.45) is 5.92 Å². The summed E-state index contributed by atoms with van der Waals surface area (Å²) in [4.78, 5) is 16.5. The molecule has 1 fully saturated rings. The first kappa shape index (κ1) is 15.0. The number of carbonyl (C=O) groups excluding carboxylic acids is 1. The first-order valence-corrected chi connectivity index (χ1v) is 7.60. The van der Waals surface area contributed by atoms with Crippen molar-refractivity contribution >= 4 is 5.91 Å². The molecule has 0 radical (unpaired) electrons. The van der Waals surface area contributed by atoms with Crippen LogP contribution in [0.4, 0.5) is 0 Å². The smallest absolute Gasteiger partial charge is 0.291 e. The van der Waals surface area contributed by atoms with E-state index in [1.807, 2.05) is 20.8 Å². The molecule has 112 valence electrons. The zero-order valence-electron chi connectivity index (χ0n) is 13.0. The Morgan fingerprint density at radius 1 is 1.25 bits per heavy atom. The molecule has 2 unspecified atom stereocenters. The van der Waals surface area contributed by atoms with E-state index in [1.54, 1.807) is 0 Å². The lowest BCUT2D eigenvalue weighted by Gasteiger charge is -2.15. The van der Waals surface area contributed by atoms with E-state index in [0.717, 1.165) is 24.6 Å². The van der Waals surface area contributed by atoms with E-state index in [1.165, 1.54) is 19.3 Å². The zero-order chi connectivity index (χ0) is 14.8. The Kier molecular flexibility index (Phi) is 4.45. The SMILES string of the molecule is CC1CCCC(NC(=O)c2n[nH]c(C(C)(C)C)n2)CC1. The Balaban J connectivity index is 1.96. The number of rotatable bonds is 2. The number of nitrogens with one attached hydrogen (secondary N) is 2. The zero-order valence-corrected chi connectivity index (χ0v) is 13.0. The van der Waals surface area contributed by atoms with Gasteiger partial charge in [-0.1, -0.05) is 40.5 Å². The average molecular weight is 278 g/mol. The van der Waals surface area contributed by atoms with Gasteiger partial charge in [-0.15, -0.1) is 5.10 Å². The third-order valence-electron chi connectivity index (χ3n) is 3.99. The summed E-state index contributed by atoms with van der Waals surface area (Å²) in [6, 6.07) is 0.268. The van der Waals surface area contributed by atoms with Crippen molar-refractivity contribution in [2.75, 3.05) is 0 Å². The maximum atomic E-state index is 12.2. The van der Waals surface area contributed by atoms with Crippen LogP contribution in [-0.4, -0.2) is 27.1 Å². The second-order valence-corrected chi connectivity index (χ2v) is 7.04. The minimum absolute atomic E-state index is 0.122. The Morgan fingerprint density at radius 3 is 2.65 bits per heavy atom. The molecular weight excluding hydrogens is 252 g/mol. The van der Waals surface area contributed by atoms with Gasteiger partial charge < -0.3 is 5.32 Å². The molecular formula is C15H26N4O. The minimum atomic E-state index is -0.156. The summed E-state index contributed by atoms with van der Waals surface area (Å²) in [6.45, 7) is 8.42. The van der Waals surface area contributed by atoms with Crippen molar-refractivity contribution in [2.45, 2.75) is 71.3 Å². The number of aromatic nitrogens is 3. The highest BCUT2D eigenvalue weighted by atomic mass is 16.2. The van der Waals surface area contributed by atoms with Crippen molar-refractivity contribution in [1.82, 2.24) is 20.5 Å². The molecule has 0 aromatic carbocycles. The highest BCUT2D eigenvalue weighted by Crippen LogP contribution is 2.23. The monoisotopic (exact) mass is 278 g/mol. The molecule has 0 saturated heterocycles. The largest absolute Gasteiger partial charge is 0.347 e. The van der Waals surface area contributed by atoms with Crippen molar-refractivity contribution in [3.63, 3.8) is 0 Å². The standard InChI is InChI=1S/C15H26N4O/c1-10-6-5-7-11(9-8-10)16-13(20)12-17-14(19-18-12)15(2,3)4/h10-11H,5-9H2,1-4H3,(H,16,20)(H,17,18,19). The molecule has 2 rings (SSSR count). The lowest BCUT2D eigenvalue weighted by Crippen LogP contribution is -2.35. The second-order valence-electron chi connectivity index (χ2n) is 7.04. The maximum Gasteiger partial charge on any atom is 0.291 e. The summed E-state index contributed by atoms with van der Waals surface area (Å²) in [5.41, 5.74) is -0.122. The molecule has 1 amide bonds. The van der Waals surface area contributed by atoms with Gasteiger partial charge in [0.1, 0.15) is 5.82 Å². The molecule has 2 N–H and O–H groups in total. The van der Waals surface area contributed by atoms with Gasteiger partial charge in [0.15, 0.2) is 0 Å². The van der Waals surface area contributed by atoms with Gasteiger partial charge >= 0.3 is 0 Å². The predicted molar refractivity (Wildman–Crippen MR) is 78.6 cm³/mol. The fourth-order valence-electron chi connectivity index (χ4n) is 2.58. The molecule has 1 aromatic heterocycles. The summed E-state index contributed by atoms with van der Waals surface area (Å²) in [5, 5.41) is 9.98. The third-order valence-corrected chi connectivity index (χ3v) is 3.99. The molecule has 1 aliphatic rings. The molecule has 0 spiro atoms. The second kappa shape index (κ2) is 5.94. The Morgan fingerprint density at radius 2 is 2.00 bits per heavy atom. The molecule has 1 aromatic rings. The van der Waals surface area contributed by atoms with Crippen LogP contribution in [0.15, 0.2) is 0 Å². The molecule has 2 atom stereocenters. The van der Waals surface area contributed by atoms with E-state index in [0.29, 0.717) is 0 Å². The molecule has 1 saturated carbocycles. The van der Waals surface area contributed by atoms with E-state index < -0.39 is 0 Å². The summed E-state index contributed by atoms with van der Waals surface area (Å²) in [6.07, 6.45) is 5.76. The first-order valence-electron chi connectivity index (χ1n) is 7.60. The van der Waals surface area contributed by atoms with Crippen LogP contribution in [0.1, 0.15) is 76.2 Å². The van der Waals surface area contributed by atoms with Crippen LogP contribution in [0.3, 0.4) is 0 Å². The van der Waals surface area contributed by atoms with Gasteiger partial charge in [0, 0.05) is 11.5 Å². The Hall–Kier alpha value is -1.39. The van der Waals surface area contributed by atoms with Gasteiger partial charge in [-0.25, -0.2) is 4.98 Å². The normalized spacial score (nSPS) is 24.2. The average Bonchev–Trinajstić information content (AvgIpc) is 2.77. The summed E-state index contributed by atoms with van der Waals surface area (Å²) < 4.78 is 0. The summed E-state index contributed by atoms with van der Waals surface area (Å²) in [7, 11) is 0. The van der Waals surface area contributed by atoms with Crippen molar-refractivity contribution < 1.29 is 4.79 Å². The Bertz CT molecular complexity index is 461. The molecule has 20 heavy (non-hydrogen) atoms. The van der Waals surface area contributed by atoms with Crippen molar-refractivity contribution in [3.8, 4) is 0 Å². The number of H-pyrrole nitrogens is 1. The van der Waals surface area contributed by atoms with Gasteiger partial charge in [-0.3, -0.25) is 9.89 Å². The maximum absolute atomic E-state index is 12.2. The van der Waals surface area contributed by atoms with Crippen LogP contribution < -0.4 is 5.32 Å². The fraction of sp³-hybridized carbons (Fsp3) is 0.800. The third kappa shape index (κ3) is 3.81. The lowest BCUT2D eigenvalue weighted by atomic mass is 9.96. The highest BCUT2D eigenvalue weighted by Gasteiger charge is 2.23. The fourth-order valence-corrected chi connectivity index (χ4v) is 2.58. The molecule has 1 heterocycles. The van der Waals surface area contributed by atoms with Crippen LogP contribution in [0.25, 0.3) is 0 Å². The quantitative estimate of drug-likeness (QED) is 0.817. The van der Waals surface area contributed by atoms with E-state index in [4.69, 9.17) is 0 Å². The Labute approximate surface area is 120 Å². The first-order chi connectivity index (χ1) is 9.36. The molecule has 0 aliphatic heterocycles. The number of hydrogen-bond acceptors (Lipinski definition) is 3. The van der Waals surface area contributed by atoms with E-state index in [9.17, 15) is 4.79 Å². The number of carbonyl (C=O) groups is 1. The molecule has 1 aliphatic carbocycles. The van der Waals surface area contributed by atoms with Crippen molar-refractivity contribution in [1.29, 1.82) is 0 Å². The molecule has 5 heteroatoms. The summed E-state index contributed by atoms with van der Waals surface area (Å²) >= 11 is 0. The number of nitrogens with zero attached hydrogens (tertiary/aromatic N) is 2. The van der Waals surface area contributed by atoms with Crippen LogP contribution in [0, 0.1) is 5.92 Å². The van der Waals surface area contributed by atoms with Gasteiger partial charge in [-0.2, -0.15) is 0 Å². The topological polar surface area (TPSA) is 70.7 Å². The van der Waals surface area contributed by atoms with E-state index in [-0.39, 0.29) is 23.2 Å². The highest BCUT2D eigenvalue weighted by molar-refractivity contribution is 5.90. The number of hydrogen-bond donors (Lipinski definition) is 2. The summed E-state index contributed by atoms with van der Waals surface area (Å²) in [5.74, 6) is 1.62. The van der Waals surface area contributed by atoms with Crippen LogP contribution in [-0.2, 0) is 5.41 Å². The van der Waals surface area contributed by atoms with Gasteiger partial charge in [0.25, 0.3) is 5.91 Å². The lowest BCUT2D eigenvalue weighted by molar-refractivity contribution is 0.0923. The van der Waals surface area contributed by atoms with Gasteiger partial charge in [0.05, 0.1) is 0 Å². The predicted octanol–water partition coefficient (Wildman–Crippen LogP) is 2.80. The van der Waals surface area contributed by atoms with Crippen molar-refractivity contribution in [3.05, 3.63) is 11.6 Å². The van der Waals surface area contributed by atoms with Gasteiger partial charge in [0.2, 0.25) is 5.82 Å². The van der Waals surface area contributed by atoms with Crippen LogP contribution in [0.2, 0.25) is 0 Å².